The fourth-order valence-electron chi connectivity index (χ4n) is 7.54. The molecule has 0 aliphatic heterocycles. The van der Waals surface area contributed by atoms with Crippen LogP contribution >= 0.6 is 0 Å². The van der Waals surface area contributed by atoms with Crippen LogP contribution in [0.15, 0.2) is 171 Å². The average Bonchev–Trinajstić information content (AvgIpc) is 3.89. The van der Waals surface area contributed by atoms with Crippen LogP contribution < -0.4 is 4.90 Å². The Kier molecular flexibility index (Phi) is 5.60. The Balaban J connectivity index is 1.19. The van der Waals surface area contributed by atoms with Gasteiger partial charge >= 0.3 is 0 Å². The molecule has 0 saturated carbocycles. The zero-order valence-corrected chi connectivity index (χ0v) is 26.6. The second kappa shape index (κ2) is 10.3. The van der Waals surface area contributed by atoms with Crippen LogP contribution in [0.5, 0.6) is 0 Å². The Morgan fingerprint density at radius 2 is 1.08 bits per heavy atom. The third-order valence-corrected chi connectivity index (χ3v) is 9.86. The van der Waals surface area contributed by atoms with Crippen LogP contribution in [0.1, 0.15) is 0 Å². The van der Waals surface area contributed by atoms with E-state index in [2.05, 4.69) is 95.9 Å². The van der Waals surface area contributed by atoms with Gasteiger partial charge in [-0.1, -0.05) is 91.0 Å². The highest BCUT2D eigenvalue weighted by Crippen LogP contribution is 2.45. The van der Waals surface area contributed by atoms with Gasteiger partial charge in [0.1, 0.15) is 22.3 Å². The van der Waals surface area contributed by atoms with Crippen LogP contribution in [0, 0.1) is 0 Å². The molecule has 0 fully saturated rings. The highest BCUT2D eigenvalue weighted by atomic mass is 16.3. The first-order valence-electron chi connectivity index (χ1n) is 16.7. The predicted molar refractivity (Wildman–Crippen MR) is 204 cm³/mol. The van der Waals surface area contributed by atoms with Gasteiger partial charge in [0.2, 0.25) is 5.89 Å². The van der Waals surface area contributed by atoms with Crippen LogP contribution in [-0.2, 0) is 0 Å². The van der Waals surface area contributed by atoms with Crippen molar-refractivity contribution in [3.05, 3.63) is 158 Å². The van der Waals surface area contributed by atoms with Gasteiger partial charge in [0.25, 0.3) is 0 Å². The molecule has 3 aromatic heterocycles. The smallest absolute Gasteiger partial charge is 0.227 e. The summed E-state index contributed by atoms with van der Waals surface area (Å²) in [6.07, 6.45) is 0. The van der Waals surface area contributed by atoms with Gasteiger partial charge in [-0.15, -0.1) is 0 Å². The first-order chi connectivity index (χ1) is 24.8. The summed E-state index contributed by atoms with van der Waals surface area (Å²) in [7, 11) is 0. The van der Waals surface area contributed by atoms with Gasteiger partial charge in [0.05, 0.1) is 11.4 Å². The third kappa shape index (κ3) is 3.98. The SMILES string of the molecule is c1ccc(-c2nc3ccc4ccc5ccc(N(c6ccc7c(c6)oc6ccccc67)c6cccc7c6oc6ccccc67)cc5c4c3o2)cc1. The Morgan fingerprint density at radius 1 is 0.420 bits per heavy atom. The van der Waals surface area contributed by atoms with Crippen LogP contribution in [0.3, 0.4) is 0 Å². The van der Waals surface area contributed by atoms with Gasteiger partial charge in [0, 0.05) is 44.2 Å². The Bertz CT molecular complexity index is 3110. The molecule has 5 heteroatoms. The maximum absolute atomic E-state index is 6.61. The maximum atomic E-state index is 6.61. The first kappa shape index (κ1) is 27.1. The standard InChI is InChI=1S/C45H26N2O3/c1-2-9-29(10-3-1)45-46-37-24-20-28-18-17-27-19-21-30(25-36(27)42(28)44(37)50-45)47(31-22-23-34-32-11-4-6-15-39(32)48-41(34)26-31)38-14-8-13-35-33-12-5-7-16-40(33)49-43(35)38/h1-26H. The van der Waals surface area contributed by atoms with Crippen molar-refractivity contribution in [3.8, 4) is 11.5 Å². The molecule has 11 aromatic rings. The van der Waals surface area contributed by atoms with E-state index in [9.17, 15) is 0 Å². The molecule has 234 valence electrons. The number of anilines is 3. The second-order valence-corrected chi connectivity index (χ2v) is 12.7. The monoisotopic (exact) mass is 642 g/mol. The molecule has 0 aliphatic carbocycles. The Morgan fingerprint density at radius 3 is 1.96 bits per heavy atom. The summed E-state index contributed by atoms with van der Waals surface area (Å²) < 4.78 is 19.6. The molecular weight excluding hydrogens is 617 g/mol. The van der Waals surface area contributed by atoms with E-state index in [4.69, 9.17) is 18.2 Å². The molecule has 5 nitrogen and oxygen atoms in total. The summed E-state index contributed by atoms with van der Waals surface area (Å²) in [5.74, 6) is 0.610. The Labute approximate surface area is 285 Å². The van der Waals surface area contributed by atoms with E-state index in [0.717, 1.165) is 99.1 Å². The van der Waals surface area contributed by atoms with Gasteiger partial charge in [0.15, 0.2) is 11.2 Å². The van der Waals surface area contributed by atoms with Crippen LogP contribution in [0.2, 0.25) is 0 Å². The lowest BCUT2D eigenvalue weighted by Crippen LogP contribution is -2.10. The molecule has 0 unspecified atom stereocenters. The van der Waals surface area contributed by atoms with E-state index in [1.165, 1.54) is 0 Å². The van der Waals surface area contributed by atoms with E-state index >= 15 is 0 Å². The molecule has 8 aromatic carbocycles. The molecule has 11 rings (SSSR count). The van der Waals surface area contributed by atoms with Gasteiger partial charge in [-0.05, 0) is 76.8 Å². The fourth-order valence-corrected chi connectivity index (χ4v) is 7.54. The molecule has 50 heavy (non-hydrogen) atoms. The van der Waals surface area contributed by atoms with E-state index in [0.29, 0.717) is 5.89 Å². The summed E-state index contributed by atoms with van der Waals surface area (Å²) in [5.41, 5.74) is 8.80. The molecule has 0 spiro atoms. The predicted octanol–water partition coefficient (Wildman–Crippen LogP) is 13.1. The number of hydrogen-bond donors (Lipinski definition) is 0. The number of furan rings is 2. The van der Waals surface area contributed by atoms with Gasteiger partial charge in [-0.3, -0.25) is 0 Å². The normalized spacial score (nSPS) is 12.0. The lowest BCUT2D eigenvalue weighted by atomic mass is 10.00. The maximum Gasteiger partial charge on any atom is 0.227 e. The van der Waals surface area contributed by atoms with Gasteiger partial charge in [-0.2, -0.15) is 0 Å². The largest absolute Gasteiger partial charge is 0.456 e. The molecule has 0 N–H and O–H groups in total. The number of benzene rings is 8. The van der Waals surface area contributed by atoms with Crippen molar-refractivity contribution < 1.29 is 13.3 Å². The summed E-state index contributed by atoms with van der Waals surface area (Å²) in [6.45, 7) is 0. The van der Waals surface area contributed by atoms with Crippen LogP contribution in [0.25, 0.3) is 88.0 Å². The fraction of sp³-hybridized carbons (Fsp3) is 0. The molecule has 0 radical (unpaired) electrons. The number of nitrogens with zero attached hydrogens (tertiary/aromatic N) is 2. The van der Waals surface area contributed by atoms with Crippen molar-refractivity contribution in [1.82, 2.24) is 4.98 Å². The molecule has 0 amide bonds. The number of oxazole rings is 1. The summed E-state index contributed by atoms with van der Waals surface area (Å²) in [4.78, 5) is 7.16. The minimum Gasteiger partial charge on any atom is -0.456 e. The molecule has 3 heterocycles. The van der Waals surface area contributed by atoms with Crippen molar-refractivity contribution in [2.45, 2.75) is 0 Å². The minimum atomic E-state index is 0.610. The quantitative estimate of drug-likeness (QED) is 0.179. The van der Waals surface area contributed by atoms with Gasteiger partial charge in [-0.25, -0.2) is 4.98 Å². The van der Waals surface area contributed by atoms with Crippen molar-refractivity contribution in [2.75, 3.05) is 4.90 Å². The summed E-state index contributed by atoms with van der Waals surface area (Å²) in [5, 5.41) is 8.65. The average molecular weight is 643 g/mol. The number of para-hydroxylation sites is 3. The Hall–Kier alpha value is -6.85. The van der Waals surface area contributed by atoms with E-state index in [-0.39, 0.29) is 0 Å². The van der Waals surface area contributed by atoms with E-state index < -0.39 is 0 Å². The first-order valence-corrected chi connectivity index (χ1v) is 16.7. The van der Waals surface area contributed by atoms with Crippen molar-refractivity contribution in [1.29, 1.82) is 0 Å². The molecule has 0 saturated heterocycles. The van der Waals surface area contributed by atoms with Crippen molar-refractivity contribution >= 4 is 93.6 Å². The number of hydrogen-bond acceptors (Lipinski definition) is 5. The topological polar surface area (TPSA) is 55.6 Å². The molecule has 0 atom stereocenters. The van der Waals surface area contributed by atoms with Gasteiger partial charge < -0.3 is 18.2 Å². The van der Waals surface area contributed by atoms with E-state index in [1.807, 2.05) is 66.7 Å². The highest BCUT2D eigenvalue weighted by molar-refractivity contribution is 6.19. The minimum absolute atomic E-state index is 0.610. The van der Waals surface area contributed by atoms with Crippen LogP contribution in [-0.4, -0.2) is 4.98 Å². The summed E-state index contributed by atoms with van der Waals surface area (Å²) >= 11 is 0. The molecule has 0 aliphatic rings. The number of rotatable bonds is 4. The van der Waals surface area contributed by atoms with Crippen LogP contribution in [0.4, 0.5) is 17.1 Å². The molecular formula is C45H26N2O3. The summed E-state index contributed by atoms with van der Waals surface area (Å²) in [6, 6.07) is 54.4. The zero-order chi connectivity index (χ0) is 32.8. The highest BCUT2D eigenvalue weighted by Gasteiger charge is 2.22. The second-order valence-electron chi connectivity index (χ2n) is 12.7. The van der Waals surface area contributed by atoms with Crippen molar-refractivity contribution in [2.24, 2.45) is 0 Å². The molecule has 0 bridgehead atoms. The number of fused-ring (bicyclic) bond motifs is 11. The zero-order valence-electron chi connectivity index (χ0n) is 26.6. The van der Waals surface area contributed by atoms with Crippen molar-refractivity contribution in [3.63, 3.8) is 0 Å². The van der Waals surface area contributed by atoms with E-state index in [1.54, 1.807) is 0 Å². The number of aromatic nitrogens is 1. The lowest BCUT2D eigenvalue weighted by Gasteiger charge is -2.26. The third-order valence-electron chi connectivity index (χ3n) is 9.86. The lowest BCUT2D eigenvalue weighted by molar-refractivity contribution is 0.623.